The minimum atomic E-state index is -2.77. The number of benzene rings is 2. The molecule has 0 spiro atoms. The van der Waals surface area contributed by atoms with Gasteiger partial charge in [0.15, 0.2) is 0 Å². The van der Waals surface area contributed by atoms with Crippen LogP contribution in [-0.4, -0.2) is 56.2 Å². The summed E-state index contributed by atoms with van der Waals surface area (Å²) in [6, 6.07) is 20.8. The van der Waals surface area contributed by atoms with Crippen LogP contribution in [0, 0.1) is 5.92 Å². The molecule has 1 aliphatic carbocycles. The van der Waals surface area contributed by atoms with E-state index in [-0.39, 0.29) is 23.1 Å². The maximum absolute atomic E-state index is 13.6. The highest BCUT2D eigenvalue weighted by Crippen LogP contribution is 2.59. The van der Waals surface area contributed by atoms with Gasteiger partial charge in [-0.3, -0.25) is 4.90 Å². The highest BCUT2D eigenvalue weighted by molar-refractivity contribution is 6.99. The second-order valence-electron chi connectivity index (χ2n) is 12.5. The highest BCUT2D eigenvalue weighted by atomic mass is 28.4. The number of piperidine rings is 1. The van der Waals surface area contributed by atoms with Crippen LogP contribution in [0.3, 0.4) is 0 Å². The van der Waals surface area contributed by atoms with Gasteiger partial charge in [-0.2, -0.15) is 0 Å². The molecule has 0 radical (unpaired) electrons. The zero-order valence-corrected chi connectivity index (χ0v) is 24.7. The molecule has 204 valence electrons. The number of amides is 1. The average molecular weight is 536 g/mol. The molecule has 38 heavy (non-hydrogen) atoms. The van der Waals surface area contributed by atoms with Crippen molar-refractivity contribution in [3.05, 3.63) is 72.8 Å². The number of esters is 1. The first-order valence-corrected chi connectivity index (χ1v) is 15.3. The van der Waals surface area contributed by atoms with Gasteiger partial charge in [0.05, 0.1) is 25.3 Å². The fraction of sp³-hybridized carbons (Fsp3) is 0.484. The number of hydrogen-bond acceptors (Lipinski definition) is 5. The van der Waals surface area contributed by atoms with Crippen LogP contribution in [0.15, 0.2) is 72.8 Å². The van der Waals surface area contributed by atoms with Crippen LogP contribution in [0.5, 0.6) is 0 Å². The van der Waals surface area contributed by atoms with Gasteiger partial charge in [0.2, 0.25) is 0 Å². The van der Waals surface area contributed by atoms with Gasteiger partial charge in [-0.1, -0.05) is 87.5 Å². The van der Waals surface area contributed by atoms with Crippen molar-refractivity contribution in [3.63, 3.8) is 0 Å². The molecule has 1 saturated carbocycles. The summed E-state index contributed by atoms with van der Waals surface area (Å²) in [6.45, 7) is 12.7. The predicted molar refractivity (Wildman–Crippen MR) is 152 cm³/mol. The smallest absolute Gasteiger partial charge is 0.411 e. The Kier molecular flexibility index (Phi) is 7.65. The monoisotopic (exact) mass is 535 g/mol. The van der Waals surface area contributed by atoms with Crippen LogP contribution in [0.4, 0.5) is 4.79 Å². The van der Waals surface area contributed by atoms with Crippen molar-refractivity contribution in [2.45, 2.75) is 76.6 Å². The maximum Gasteiger partial charge on any atom is 0.411 e. The standard InChI is InChI=1S/C31H41NO5Si/c1-29(2,3)37-28(34)32-24(20-23-21-31(23,32)19-18-27(33)35-7)22-36-38(30(4,5)6,25-14-10-8-11-15-25)26-16-12-9-13-17-26/h8-19,23-24H,20-22H2,1-7H3/b19-18+/t23-,24+,31+/m0/s1. The molecular weight excluding hydrogens is 494 g/mol. The lowest BCUT2D eigenvalue weighted by atomic mass is 10.2. The molecule has 6 nitrogen and oxygen atoms in total. The minimum Gasteiger partial charge on any atom is -0.466 e. The first-order chi connectivity index (χ1) is 17.8. The topological polar surface area (TPSA) is 65.1 Å². The number of hydrogen-bond donors (Lipinski definition) is 0. The number of ether oxygens (including phenoxy) is 2. The number of carbonyl (C=O) groups excluding carboxylic acids is 2. The van der Waals surface area contributed by atoms with Crippen LogP contribution < -0.4 is 10.4 Å². The zero-order chi connectivity index (χ0) is 27.8. The van der Waals surface area contributed by atoms with Crippen LogP contribution in [0.25, 0.3) is 0 Å². The summed E-state index contributed by atoms with van der Waals surface area (Å²) in [5.74, 6) is -0.176. The molecule has 1 amide bonds. The highest BCUT2D eigenvalue weighted by Gasteiger charge is 2.66. The minimum absolute atomic E-state index is 0.170. The molecule has 1 heterocycles. The molecule has 2 aromatic carbocycles. The fourth-order valence-corrected chi connectivity index (χ4v) is 10.6. The van der Waals surface area contributed by atoms with Gasteiger partial charge < -0.3 is 13.9 Å². The van der Waals surface area contributed by atoms with Gasteiger partial charge in [-0.25, -0.2) is 9.59 Å². The van der Waals surface area contributed by atoms with Crippen molar-refractivity contribution < 1.29 is 23.5 Å². The number of likely N-dealkylation sites (tertiary alicyclic amines) is 1. The fourth-order valence-electron chi connectivity index (χ4n) is 6.01. The van der Waals surface area contributed by atoms with Crippen molar-refractivity contribution in [2.24, 2.45) is 5.92 Å². The van der Waals surface area contributed by atoms with Crippen molar-refractivity contribution in [1.29, 1.82) is 0 Å². The number of rotatable bonds is 7. The summed E-state index contributed by atoms with van der Waals surface area (Å²) in [5, 5.41) is 2.23. The van der Waals surface area contributed by atoms with E-state index in [0.29, 0.717) is 6.61 Å². The third-order valence-electron chi connectivity index (χ3n) is 7.70. The van der Waals surface area contributed by atoms with Crippen LogP contribution in [0.1, 0.15) is 54.4 Å². The largest absolute Gasteiger partial charge is 0.466 e. The Balaban J connectivity index is 1.72. The number of nitrogens with zero attached hydrogens (tertiary/aromatic N) is 1. The Labute approximate surface area is 228 Å². The van der Waals surface area contributed by atoms with E-state index >= 15 is 0 Å². The van der Waals surface area contributed by atoms with E-state index in [1.807, 2.05) is 43.9 Å². The quantitative estimate of drug-likeness (QED) is 0.282. The second-order valence-corrected chi connectivity index (χ2v) is 16.8. The molecule has 4 rings (SSSR count). The summed E-state index contributed by atoms with van der Waals surface area (Å²) < 4.78 is 17.9. The summed E-state index contributed by atoms with van der Waals surface area (Å²) in [6.07, 6.45) is 4.49. The van der Waals surface area contributed by atoms with Crippen LogP contribution >= 0.6 is 0 Å². The number of carbonyl (C=O) groups is 2. The molecule has 2 aromatic rings. The SMILES string of the molecule is COC(=O)/C=C/[C@@]12C[C@@H]1C[C@H](CO[Si](c1ccccc1)(c1ccccc1)C(C)(C)C)N2C(=O)OC(C)(C)C. The first-order valence-electron chi connectivity index (χ1n) is 13.4. The third kappa shape index (κ3) is 5.31. The van der Waals surface area contributed by atoms with E-state index in [1.54, 1.807) is 0 Å². The Morgan fingerprint density at radius 3 is 2.00 bits per heavy atom. The van der Waals surface area contributed by atoms with E-state index < -0.39 is 25.4 Å². The lowest BCUT2D eigenvalue weighted by Crippen LogP contribution is -2.67. The molecule has 0 aromatic heterocycles. The molecule has 0 unspecified atom stereocenters. The maximum atomic E-state index is 13.6. The van der Waals surface area contributed by atoms with Crippen LogP contribution in [-0.2, 0) is 18.7 Å². The summed E-state index contributed by atoms with van der Waals surface area (Å²) >= 11 is 0. The van der Waals surface area contributed by atoms with Crippen molar-refractivity contribution >= 4 is 30.8 Å². The average Bonchev–Trinajstić information content (AvgIpc) is 3.45. The molecule has 1 saturated heterocycles. The molecule has 1 aliphatic heterocycles. The molecule has 7 heteroatoms. The lowest BCUT2D eigenvalue weighted by Gasteiger charge is -2.44. The number of methoxy groups -OCH3 is 1. The van der Waals surface area contributed by atoms with Gasteiger partial charge in [0.1, 0.15) is 5.60 Å². The summed E-state index contributed by atoms with van der Waals surface area (Å²) in [7, 11) is -1.42. The molecule has 0 bridgehead atoms. The summed E-state index contributed by atoms with van der Waals surface area (Å²) in [5.41, 5.74) is -1.18. The predicted octanol–water partition coefficient (Wildman–Crippen LogP) is 5.06. The molecule has 2 aliphatic rings. The van der Waals surface area contributed by atoms with Crippen molar-refractivity contribution in [1.82, 2.24) is 4.90 Å². The zero-order valence-electron chi connectivity index (χ0n) is 23.7. The van der Waals surface area contributed by atoms with E-state index in [4.69, 9.17) is 13.9 Å². The Bertz CT molecular complexity index is 1130. The molecule has 2 fully saturated rings. The van der Waals surface area contributed by atoms with E-state index in [2.05, 4.69) is 69.3 Å². The van der Waals surface area contributed by atoms with Crippen LogP contribution in [0.2, 0.25) is 5.04 Å². The Morgan fingerprint density at radius 1 is 0.974 bits per heavy atom. The van der Waals surface area contributed by atoms with Gasteiger partial charge in [0, 0.05) is 6.08 Å². The van der Waals surface area contributed by atoms with Crippen molar-refractivity contribution in [2.75, 3.05) is 13.7 Å². The van der Waals surface area contributed by atoms with Gasteiger partial charge in [-0.15, -0.1) is 0 Å². The number of fused-ring (bicyclic) bond motifs is 1. The van der Waals surface area contributed by atoms with E-state index in [9.17, 15) is 9.59 Å². The van der Waals surface area contributed by atoms with E-state index in [0.717, 1.165) is 12.8 Å². The first kappa shape index (κ1) is 28.1. The third-order valence-corrected chi connectivity index (χ3v) is 12.7. The van der Waals surface area contributed by atoms with Gasteiger partial charge >= 0.3 is 12.1 Å². The van der Waals surface area contributed by atoms with E-state index in [1.165, 1.54) is 23.6 Å². The summed E-state index contributed by atoms with van der Waals surface area (Å²) in [4.78, 5) is 27.4. The van der Waals surface area contributed by atoms with Gasteiger partial charge in [-0.05, 0) is 54.9 Å². The van der Waals surface area contributed by atoms with Gasteiger partial charge in [0.25, 0.3) is 8.32 Å². The molecular formula is C31H41NO5Si. The lowest BCUT2D eigenvalue weighted by molar-refractivity contribution is -0.134. The van der Waals surface area contributed by atoms with Crippen molar-refractivity contribution in [3.8, 4) is 0 Å². The second kappa shape index (κ2) is 10.3. The Hall–Kier alpha value is -2.90. The normalized spacial score (nSPS) is 23.3. The molecule has 0 N–H and O–H groups in total. The molecule has 3 atom stereocenters. The Morgan fingerprint density at radius 2 is 1.53 bits per heavy atom.